The summed E-state index contributed by atoms with van der Waals surface area (Å²) in [4.78, 5) is 19.2. The number of fused-ring (bicyclic) bond motifs is 1. The Labute approximate surface area is 184 Å². The van der Waals surface area contributed by atoms with Crippen molar-refractivity contribution in [3.63, 3.8) is 0 Å². The number of aromatic nitrogens is 1. The van der Waals surface area contributed by atoms with Crippen LogP contribution in [0, 0.1) is 0 Å². The van der Waals surface area contributed by atoms with E-state index in [1.165, 1.54) is 29.0 Å². The van der Waals surface area contributed by atoms with Crippen molar-refractivity contribution in [1.29, 1.82) is 0 Å². The average Bonchev–Trinajstić information content (AvgIpc) is 3.18. The van der Waals surface area contributed by atoms with Gasteiger partial charge in [-0.05, 0) is 49.2 Å². The topological polar surface area (TPSA) is 79.4 Å². The van der Waals surface area contributed by atoms with E-state index < -0.39 is 10.0 Å². The fourth-order valence-electron chi connectivity index (χ4n) is 3.59. The number of nitrogens with zero attached hydrogens (tertiary/aromatic N) is 2. The van der Waals surface area contributed by atoms with Gasteiger partial charge >= 0.3 is 0 Å². The van der Waals surface area contributed by atoms with Gasteiger partial charge in [0.1, 0.15) is 0 Å². The lowest BCUT2D eigenvalue weighted by molar-refractivity contribution is -0.132. The van der Waals surface area contributed by atoms with Crippen LogP contribution in [-0.2, 0) is 14.8 Å². The third-order valence-corrected chi connectivity index (χ3v) is 8.19. The molecule has 2 heterocycles. The normalized spacial score (nSPS) is 15.6. The van der Waals surface area contributed by atoms with Gasteiger partial charge in [-0.2, -0.15) is 0 Å². The zero-order valence-electron chi connectivity index (χ0n) is 16.3. The van der Waals surface area contributed by atoms with Crippen molar-refractivity contribution in [2.45, 2.75) is 30.1 Å². The standard InChI is InChI=1S/C21H22ClN3O3S2/c22-16-5-7-17(8-6-16)30(27,28)23-12-9-20(26)25-13-10-15(11-14-25)21-24-18-3-1-2-4-19(18)29-21/h1-8,15,23H,9-14H2. The maximum atomic E-state index is 12.5. The minimum absolute atomic E-state index is 0.0310. The molecule has 2 aromatic carbocycles. The summed E-state index contributed by atoms with van der Waals surface area (Å²) in [6.45, 7) is 1.41. The van der Waals surface area contributed by atoms with Crippen LogP contribution in [0.15, 0.2) is 53.4 Å². The van der Waals surface area contributed by atoms with Gasteiger partial charge in [0.25, 0.3) is 0 Å². The highest BCUT2D eigenvalue weighted by Crippen LogP contribution is 2.33. The van der Waals surface area contributed by atoms with Crippen molar-refractivity contribution in [2.24, 2.45) is 0 Å². The Kier molecular flexibility index (Phi) is 6.38. The molecule has 1 aliphatic rings. The van der Waals surface area contributed by atoms with Crippen LogP contribution in [0.25, 0.3) is 10.2 Å². The SMILES string of the molecule is O=C(CCNS(=O)(=O)c1ccc(Cl)cc1)N1CCC(c2nc3ccccc3s2)CC1. The molecule has 1 fully saturated rings. The summed E-state index contributed by atoms with van der Waals surface area (Å²) in [6, 6.07) is 14.1. The predicted molar refractivity (Wildman–Crippen MR) is 119 cm³/mol. The molecule has 0 atom stereocenters. The number of likely N-dealkylation sites (tertiary alicyclic amines) is 1. The maximum absolute atomic E-state index is 12.5. The van der Waals surface area contributed by atoms with Gasteiger partial charge in [-0.25, -0.2) is 18.1 Å². The number of carbonyl (C=O) groups is 1. The number of halogens is 1. The molecule has 30 heavy (non-hydrogen) atoms. The van der Waals surface area contributed by atoms with E-state index in [9.17, 15) is 13.2 Å². The first kappa shape index (κ1) is 21.2. The van der Waals surface area contributed by atoms with Gasteiger partial charge in [-0.3, -0.25) is 4.79 Å². The third kappa shape index (κ3) is 4.83. The molecular weight excluding hydrogens is 442 g/mol. The van der Waals surface area contributed by atoms with Crippen LogP contribution in [0.2, 0.25) is 5.02 Å². The smallest absolute Gasteiger partial charge is 0.240 e. The molecule has 3 aromatic rings. The van der Waals surface area contributed by atoms with Crippen LogP contribution in [0.5, 0.6) is 0 Å². The van der Waals surface area contributed by atoms with Crippen molar-refractivity contribution >= 4 is 49.1 Å². The van der Waals surface area contributed by atoms with E-state index in [1.54, 1.807) is 11.3 Å². The molecule has 0 bridgehead atoms. The fourth-order valence-corrected chi connectivity index (χ4v) is 5.88. The molecule has 1 N–H and O–H groups in total. The van der Waals surface area contributed by atoms with Crippen molar-refractivity contribution < 1.29 is 13.2 Å². The van der Waals surface area contributed by atoms with E-state index in [-0.39, 0.29) is 23.8 Å². The molecule has 0 spiro atoms. The lowest BCUT2D eigenvalue weighted by atomic mass is 9.97. The molecule has 1 saturated heterocycles. The number of amides is 1. The summed E-state index contributed by atoms with van der Waals surface area (Å²) in [6.07, 6.45) is 1.89. The summed E-state index contributed by atoms with van der Waals surface area (Å²) in [5.41, 5.74) is 1.03. The van der Waals surface area contributed by atoms with Crippen LogP contribution in [0.3, 0.4) is 0 Å². The van der Waals surface area contributed by atoms with E-state index in [1.807, 2.05) is 23.1 Å². The molecule has 1 aromatic heterocycles. The molecule has 0 saturated carbocycles. The van der Waals surface area contributed by atoms with Crippen LogP contribution in [0.4, 0.5) is 0 Å². The molecule has 0 radical (unpaired) electrons. The molecule has 4 rings (SSSR count). The number of sulfonamides is 1. The van der Waals surface area contributed by atoms with Crippen LogP contribution < -0.4 is 4.72 Å². The first-order valence-electron chi connectivity index (χ1n) is 9.81. The average molecular weight is 464 g/mol. The highest BCUT2D eigenvalue weighted by Gasteiger charge is 2.26. The Hall–Kier alpha value is -2.00. The minimum atomic E-state index is -3.65. The first-order valence-corrected chi connectivity index (χ1v) is 12.5. The lowest BCUT2D eigenvalue weighted by Crippen LogP contribution is -2.39. The molecule has 6 nitrogen and oxygen atoms in total. The summed E-state index contributed by atoms with van der Waals surface area (Å²) in [5, 5.41) is 1.61. The van der Waals surface area contributed by atoms with E-state index in [2.05, 4.69) is 10.8 Å². The zero-order chi connectivity index (χ0) is 21.1. The summed E-state index contributed by atoms with van der Waals surface area (Å²) in [5.74, 6) is 0.339. The van der Waals surface area contributed by atoms with Crippen LogP contribution in [0.1, 0.15) is 30.2 Å². The number of piperidine rings is 1. The number of thiazole rings is 1. The highest BCUT2D eigenvalue weighted by molar-refractivity contribution is 7.89. The molecule has 1 amide bonds. The molecule has 9 heteroatoms. The monoisotopic (exact) mass is 463 g/mol. The fraction of sp³-hybridized carbons (Fsp3) is 0.333. The first-order chi connectivity index (χ1) is 14.4. The highest BCUT2D eigenvalue weighted by atomic mass is 35.5. The summed E-state index contributed by atoms with van der Waals surface area (Å²) < 4.78 is 28.3. The minimum Gasteiger partial charge on any atom is -0.343 e. The van der Waals surface area contributed by atoms with Gasteiger partial charge in [0.2, 0.25) is 15.9 Å². The Morgan fingerprint density at radius 1 is 1.13 bits per heavy atom. The molecule has 1 aliphatic heterocycles. The Morgan fingerprint density at radius 2 is 1.83 bits per heavy atom. The molecule has 0 aliphatic carbocycles. The Morgan fingerprint density at radius 3 is 2.53 bits per heavy atom. The quantitative estimate of drug-likeness (QED) is 0.598. The number of para-hydroxylation sites is 1. The second kappa shape index (κ2) is 9.01. The van der Waals surface area contributed by atoms with E-state index in [0.717, 1.165) is 23.4 Å². The molecular formula is C21H22ClN3O3S2. The number of benzene rings is 2. The van der Waals surface area contributed by atoms with Crippen molar-refractivity contribution in [1.82, 2.24) is 14.6 Å². The second-order valence-corrected chi connectivity index (χ2v) is 10.5. The number of carbonyl (C=O) groups excluding carboxylic acids is 1. The number of nitrogens with one attached hydrogen (secondary N) is 1. The molecule has 0 unspecified atom stereocenters. The number of rotatable bonds is 6. The maximum Gasteiger partial charge on any atom is 0.240 e. The van der Waals surface area contributed by atoms with Gasteiger partial charge in [-0.1, -0.05) is 23.7 Å². The van der Waals surface area contributed by atoms with Gasteiger partial charge in [0.05, 0.1) is 20.1 Å². The zero-order valence-corrected chi connectivity index (χ0v) is 18.6. The van der Waals surface area contributed by atoms with E-state index in [0.29, 0.717) is 24.0 Å². The van der Waals surface area contributed by atoms with Crippen molar-refractivity contribution in [3.05, 3.63) is 58.6 Å². The third-order valence-electron chi connectivity index (χ3n) is 5.26. The van der Waals surface area contributed by atoms with Gasteiger partial charge in [0.15, 0.2) is 0 Å². The summed E-state index contributed by atoms with van der Waals surface area (Å²) in [7, 11) is -3.65. The number of hydrogen-bond donors (Lipinski definition) is 1. The van der Waals surface area contributed by atoms with Crippen molar-refractivity contribution in [2.75, 3.05) is 19.6 Å². The van der Waals surface area contributed by atoms with Gasteiger partial charge < -0.3 is 4.90 Å². The predicted octanol–water partition coefficient (Wildman–Crippen LogP) is 4.02. The Bertz CT molecular complexity index is 1100. The largest absolute Gasteiger partial charge is 0.343 e. The lowest BCUT2D eigenvalue weighted by Gasteiger charge is -2.31. The van der Waals surface area contributed by atoms with Crippen LogP contribution >= 0.6 is 22.9 Å². The molecule has 158 valence electrons. The van der Waals surface area contributed by atoms with Gasteiger partial charge in [0, 0.05) is 37.0 Å². The number of hydrogen-bond acceptors (Lipinski definition) is 5. The van der Waals surface area contributed by atoms with E-state index >= 15 is 0 Å². The van der Waals surface area contributed by atoms with Crippen molar-refractivity contribution in [3.8, 4) is 0 Å². The Balaban J connectivity index is 1.26. The van der Waals surface area contributed by atoms with Gasteiger partial charge in [-0.15, -0.1) is 11.3 Å². The van der Waals surface area contributed by atoms with Crippen LogP contribution in [-0.4, -0.2) is 43.8 Å². The summed E-state index contributed by atoms with van der Waals surface area (Å²) >= 11 is 7.52. The second-order valence-electron chi connectivity index (χ2n) is 7.28. The van der Waals surface area contributed by atoms with E-state index in [4.69, 9.17) is 16.6 Å².